The Morgan fingerprint density at radius 2 is 1.77 bits per heavy atom. The van der Waals surface area contributed by atoms with Gasteiger partial charge >= 0.3 is 0 Å². The minimum absolute atomic E-state index is 0.166. The minimum atomic E-state index is -0.210. The van der Waals surface area contributed by atoms with E-state index < -0.39 is 0 Å². The van der Waals surface area contributed by atoms with E-state index in [1.165, 1.54) is 0 Å². The molecule has 1 N–H and O–H groups in total. The summed E-state index contributed by atoms with van der Waals surface area (Å²) in [5.41, 5.74) is 2.82. The van der Waals surface area contributed by atoms with Gasteiger partial charge in [0.2, 0.25) is 0 Å². The van der Waals surface area contributed by atoms with Crippen LogP contribution in [0.15, 0.2) is 53.1 Å². The highest BCUT2D eigenvalue weighted by atomic mass is 16.5. The smallest absolute Gasteiger partial charge is 0.257 e. The van der Waals surface area contributed by atoms with Crippen LogP contribution in [0.4, 0.5) is 0 Å². The molecule has 6 heteroatoms. The molecule has 4 rings (SSSR count). The molecule has 0 unspecified atom stereocenters. The number of hydrogen-bond acceptors (Lipinski definition) is 5. The third-order valence-corrected chi connectivity index (χ3v) is 5.22. The molecule has 1 amide bonds. The number of carbonyl (C=O) groups excluding carboxylic acids is 1. The zero-order chi connectivity index (χ0) is 21.1. The lowest BCUT2D eigenvalue weighted by molar-refractivity contribution is 0.0924. The lowest BCUT2D eigenvalue weighted by Crippen LogP contribution is -2.32. The Kier molecular flexibility index (Phi) is 5.74. The van der Waals surface area contributed by atoms with Gasteiger partial charge in [-0.3, -0.25) is 4.79 Å². The lowest BCUT2D eigenvalue weighted by Gasteiger charge is -2.24. The summed E-state index contributed by atoms with van der Waals surface area (Å²) >= 11 is 0. The molecule has 1 aliphatic rings. The number of fused-ring (bicyclic) bond motifs is 1. The van der Waals surface area contributed by atoms with Crippen molar-refractivity contribution in [2.24, 2.45) is 5.92 Å². The van der Waals surface area contributed by atoms with Crippen molar-refractivity contribution < 1.29 is 18.8 Å². The molecule has 1 aliphatic heterocycles. The van der Waals surface area contributed by atoms with E-state index in [4.69, 9.17) is 14.0 Å². The van der Waals surface area contributed by atoms with Crippen molar-refractivity contribution in [2.45, 2.75) is 33.2 Å². The van der Waals surface area contributed by atoms with Crippen LogP contribution in [-0.4, -0.2) is 24.3 Å². The quantitative estimate of drug-likeness (QED) is 0.650. The minimum Gasteiger partial charge on any atom is -0.490 e. The molecule has 3 aromatic rings. The van der Waals surface area contributed by atoms with Crippen molar-refractivity contribution in [3.63, 3.8) is 0 Å². The van der Waals surface area contributed by atoms with E-state index in [0.717, 1.165) is 29.0 Å². The van der Waals surface area contributed by atoms with Gasteiger partial charge in [-0.25, -0.2) is 0 Å². The monoisotopic (exact) mass is 406 g/mol. The number of nitrogens with zero attached hydrogens (tertiary/aromatic N) is 1. The van der Waals surface area contributed by atoms with Crippen molar-refractivity contribution in [1.29, 1.82) is 0 Å². The molecule has 1 aromatic heterocycles. The largest absolute Gasteiger partial charge is 0.490 e. The molecule has 0 saturated carbocycles. The number of rotatable bonds is 5. The van der Waals surface area contributed by atoms with E-state index in [-0.39, 0.29) is 17.9 Å². The number of carbonyl (C=O) groups is 1. The molecule has 0 radical (unpaired) electrons. The number of aromatic nitrogens is 1. The second kappa shape index (κ2) is 8.61. The molecule has 2 aromatic carbocycles. The first kappa shape index (κ1) is 20.0. The Labute approximate surface area is 176 Å². The second-order valence-electron chi connectivity index (χ2n) is 7.78. The van der Waals surface area contributed by atoms with Gasteiger partial charge in [-0.1, -0.05) is 55.4 Å². The highest BCUT2D eigenvalue weighted by Crippen LogP contribution is 2.34. The highest BCUT2D eigenvalue weighted by molar-refractivity contribution is 6.01. The van der Waals surface area contributed by atoms with Gasteiger partial charge in [0, 0.05) is 12.0 Å². The van der Waals surface area contributed by atoms with Crippen LogP contribution in [0.5, 0.6) is 11.5 Å². The first-order chi connectivity index (χ1) is 14.5. The summed E-state index contributed by atoms with van der Waals surface area (Å²) in [6.07, 6.45) is 0.851. The van der Waals surface area contributed by atoms with E-state index >= 15 is 0 Å². The zero-order valence-corrected chi connectivity index (χ0v) is 17.5. The number of ether oxygens (including phenoxy) is 2. The van der Waals surface area contributed by atoms with Crippen LogP contribution in [0.25, 0.3) is 11.3 Å². The number of nitrogens with one attached hydrogen (secondary N) is 1. The Hall–Kier alpha value is -3.28. The Bertz CT molecular complexity index is 1030. The topological polar surface area (TPSA) is 73.6 Å². The maximum atomic E-state index is 13.3. The highest BCUT2D eigenvalue weighted by Gasteiger charge is 2.26. The summed E-state index contributed by atoms with van der Waals surface area (Å²) in [6, 6.07) is 15.2. The molecular weight excluding hydrogens is 380 g/mol. The molecule has 0 saturated heterocycles. The van der Waals surface area contributed by atoms with Crippen LogP contribution >= 0.6 is 0 Å². The van der Waals surface area contributed by atoms with E-state index in [2.05, 4.69) is 24.3 Å². The lowest BCUT2D eigenvalue weighted by atomic mass is 9.95. The summed E-state index contributed by atoms with van der Waals surface area (Å²) in [4.78, 5) is 13.3. The van der Waals surface area contributed by atoms with Crippen LogP contribution in [0.3, 0.4) is 0 Å². The number of hydrogen-bond donors (Lipinski definition) is 1. The van der Waals surface area contributed by atoms with E-state index in [1.807, 2.05) is 48.5 Å². The molecule has 156 valence electrons. The van der Waals surface area contributed by atoms with Crippen molar-refractivity contribution in [2.75, 3.05) is 13.2 Å². The molecule has 0 aliphatic carbocycles. The Balaban J connectivity index is 1.63. The molecule has 2 heterocycles. The Morgan fingerprint density at radius 3 is 2.50 bits per heavy atom. The third-order valence-electron chi connectivity index (χ3n) is 5.22. The second-order valence-corrected chi connectivity index (χ2v) is 7.78. The summed E-state index contributed by atoms with van der Waals surface area (Å²) < 4.78 is 16.9. The number of aryl methyl sites for hydroxylation is 1. The average Bonchev–Trinajstić information content (AvgIpc) is 2.98. The van der Waals surface area contributed by atoms with Crippen LogP contribution in [0, 0.1) is 12.8 Å². The van der Waals surface area contributed by atoms with Crippen LogP contribution < -0.4 is 14.8 Å². The van der Waals surface area contributed by atoms with Gasteiger partial charge in [0.15, 0.2) is 11.5 Å². The van der Waals surface area contributed by atoms with E-state index in [1.54, 1.807) is 6.92 Å². The van der Waals surface area contributed by atoms with Gasteiger partial charge in [0.05, 0.1) is 19.3 Å². The van der Waals surface area contributed by atoms with E-state index in [9.17, 15) is 4.79 Å². The van der Waals surface area contributed by atoms with Gasteiger partial charge < -0.3 is 19.3 Å². The molecule has 30 heavy (non-hydrogen) atoms. The molecule has 0 spiro atoms. The molecule has 0 bridgehead atoms. The van der Waals surface area contributed by atoms with Crippen molar-refractivity contribution >= 4 is 5.91 Å². The van der Waals surface area contributed by atoms with Crippen molar-refractivity contribution in [3.05, 3.63) is 65.4 Å². The Morgan fingerprint density at radius 1 is 1.03 bits per heavy atom. The predicted molar refractivity (Wildman–Crippen MR) is 114 cm³/mol. The standard InChI is InChI=1S/C24H26N2O4/c1-15(2)22(18-10-11-19-20(14-18)29-13-7-12-28-19)25-24(27)21-16(3)30-26-23(21)17-8-5-4-6-9-17/h4-6,8-11,14-15,22H,7,12-13H2,1-3H3,(H,25,27)/t22-/m1/s1. The fourth-order valence-electron chi connectivity index (χ4n) is 3.65. The first-order valence-electron chi connectivity index (χ1n) is 10.3. The maximum absolute atomic E-state index is 13.3. The average molecular weight is 406 g/mol. The number of benzene rings is 2. The van der Waals surface area contributed by atoms with Gasteiger partial charge in [0.1, 0.15) is 17.0 Å². The van der Waals surface area contributed by atoms with Crippen LogP contribution in [-0.2, 0) is 0 Å². The summed E-state index contributed by atoms with van der Waals surface area (Å²) in [6.45, 7) is 7.17. The summed E-state index contributed by atoms with van der Waals surface area (Å²) in [5.74, 6) is 1.91. The summed E-state index contributed by atoms with van der Waals surface area (Å²) in [7, 11) is 0. The number of amides is 1. The van der Waals surface area contributed by atoms with Crippen LogP contribution in [0.2, 0.25) is 0 Å². The molecule has 1 atom stereocenters. The van der Waals surface area contributed by atoms with Crippen LogP contribution in [0.1, 0.15) is 48.0 Å². The SMILES string of the molecule is Cc1onc(-c2ccccc2)c1C(=O)N[C@@H](c1ccc2c(c1)OCCCO2)C(C)C. The van der Waals surface area contributed by atoms with Gasteiger partial charge in [-0.2, -0.15) is 0 Å². The van der Waals surface area contributed by atoms with Crippen molar-refractivity contribution in [3.8, 4) is 22.8 Å². The van der Waals surface area contributed by atoms with Gasteiger partial charge in [-0.05, 0) is 30.5 Å². The fourth-order valence-corrected chi connectivity index (χ4v) is 3.65. The third kappa shape index (κ3) is 4.03. The van der Waals surface area contributed by atoms with Gasteiger partial charge in [0.25, 0.3) is 5.91 Å². The zero-order valence-electron chi connectivity index (χ0n) is 17.5. The first-order valence-corrected chi connectivity index (χ1v) is 10.3. The van der Waals surface area contributed by atoms with Crippen molar-refractivity contribution in [1.82, 2.24) is 10.5 Å². The van der Waals surface area contributed by atoms with Gasteiger partial charge in [-0.15, -0.1) is 0 Å². The molecule has 0 fully saturated rings. The predicted octanol–water partition coefficient (Wildman–Crippen LogP) is 4.94. The normalized spacial score (nSPS) is 14.3. The molecular formula is C24H26N2O4. The fraction of sp³-hybridized carbons (Fsp3) is 0.333. The molecule has 6 nitrogen and oxygen atoms in total. The maximum Gasteiger partial charge on any atom is 0.257 e. The van der Waals surface area contributed by atoms with E-state index in [0.29, 0.717) is 30.2 Å². The summed E-state index contributed by atoms with van der Waals surface area (Å²) in [5, 5.41) is 7.30.